The summed E-state index contributed by atoms with van der Waals surface area (Å²) in [6.07, 6.45) is 2.86. The van der Waals surface area contributed by atoms with Crippen LogP contribution in [0.2, 0.25) is 0 Å². The minimum Gasteiger partial charge on any atom is -0.380 e. The van der Waals surface area contributed by atoms with E-state index in [-0.39, 0.29) is 6.04 Å². The lowest BCUT2D eigenvalue weighted by Crippen LogP contribution is -2.54. The summed E-state index contributed by atoms with van der Waals surface area (Å²) in [5.41, 5.74) is 2.13. The monoisotopic (exact) mass is 413 g/mol. The van der Waals surface area contributed by atoms with Gasteiger partial charge in [-0.05, 0) is 37.4 Å². The van der Waals surface area contributed by atoms with Crippen LogP contribution in [-0.4, -0.2) is 48.0 Å². The standard InChI is InChI=1S/C25H27N5O/c1-17(2)27-22-8-5-11-26-25(22)29-12-13-30(20(15-29)16-31)23-14-19-10-9-18-6-3-4-7-21(18)24(19)28-23/h3-11,14,16-17,20,27-28H,12-13,15H2,1-2H3. The van der Waals surface area contributed by atoms with E-state index >= 15 is 0 Å². The molecule has 2 N–H and O–H groups in total. The highest BCUT2D eigenvalue weighted by molar-refractivity contribution is 6.06. The lowest BCUT2D eigenvalue weighted by Gasteiger charge is -2.40. The van der Waals surface area contributed by atoms with Gasteiger partial charge in [0, 0.05) is 42.6 Å². The van der Waals surface area contributed by atoms with Crippen molar-refractivity contribution in [1.82, 2.24) is 9.97 Å². The molecule has 5 rings (SSSR count). The van der Waals surface area contributed by atoms with Crippen LogP contribution in [0.25, 0.3) is 21.7 Å². The Hall–Kier alpha value is -3.54. The number of pyridine rings is 1. The van der Waals surface area contributed by atoms with E-state index in [0.29, 0.717) is 12.6 Å². The second kappa shape index (κ2) is 7.95. The van der Waals surface area contributed by atoms with Gasteiger partial charge in [-0.25, -0.2) is 4.98 Å². The van der Waals surface area contributed by atoms with Crippen molar-refractivity contribution in [3.8, 4) is 0 Å². The third-order valence-corrected chi connectivity index (χ3v) is 5.92. The van der Waals surface area contributed by atoms with Crippen LogP contribution in [0.1, 0.15) is 13.8 Å². The van der Waals surface area contributed by atoms with Gasteiger partial charge in [-0.3, -0.25) is 0 Å². The molecule has 6 heteroatoms. The first kappa shape index (κ1) is 19.4. The maximum absolute atomic E-state index is 12.1. The number of nitrogens with zero attached hydrogens (tertiary/aromatic N) is 3. The molecule has 158 valence electrons. The molecule has 0 amide bonds. The highest BCUT2D eigenvalue weighted by atomic mass is 16.1. The molecule has 2 aromatic heterocycles. The number of nitrogens with one attached hydrogen (secondary N) is 2. The van der Waals surface area contributed by atoms with E-state index in [1.54, 1.807) is 0 Å². The second-order valence-electron chi connectivity index (χ2n) is 8.42. The Balaban J connectivity index is 1.44. The third kappa shape index (κ3) is 3.58. The predicted octanol–water partition coefficient (Wildman–Crippen LogP) is 4.43. The van der Waals surface area contributed by atoms with Crippen LogP contribution in [0, 0.1) is 0 Å². The van der Waals surface area contributed by atoms with Crippen molar-refractivity contribution in [2.45, 2.75) is 25.9 Å². The highest BCUT2D eigenvalue weighted by Gasteiger charge is 2.29. The molecule has 2 aromatic carbocycles. The Kier molecular flexibility index (Phi) is 4.98. The predicted molar refractivity (Wildman–Crippen MR) is 128 cm³/mol. The van der Waals surface area contributed by atoms with Crippen LogP contribution < -0.4 is 15.1 Å². The Labute approximate surface area is 181 Å². The third-order valence-electron chi connectivity index (χ3n) is 5.92. The van der Waals surface area contributed by atoms with E-state index in [2.05, 4.69) is 81.4 Å². The summed E-state index contributed by atoms with van der Waals surface area (Å²) in [4.78, 5) is 24.7. The first-order chi connectivity index (χ1) is 15.1. The number of rotatable bonds is 5. The maximum atomic E-state index is 12.1. The van der Waals surface area contributed by atoms with Crippen molar-refractivity contribution in [3.05, 3.63) is 60.8 Å². The van der Waals surface area contributed by atoms with E-state index in [1.165, 1.54) is 10.8 Å². The Bertz CT molecular complexity index is 1230. The van der Waals surface area contributed by atoms with Gasteiger partial charge < -0.3 is 24.9 Å². The fourth-order valence-corrected chi connectivity index (χ4v) is 4.50. The van der Waals surface area contributed by atoms with Gasteiger partial charge in [0.05, 0.1) is 11.2 Å². The van der Waals surface area contributed by atoms with Crippen molar-refractivity contribution >= 4 is 45.3 Å². The van der Waals surface area contributed by atoms with E-state index in [9.17, 15) is 4.79 Å². The summed E-state index contributed by atoms with van der Waals surface area (Å²) in [5.74, 6) is 1.90. The van der Waals surface area contributed by atoms with Crippen molar-refractivity contribution in [1.29, 1.82) is 0 Å². The number of fused-ring (bicyclic) bond motifs is 3. The molecule has 1 aliphatic heterocycles. The van der Waals surface area contributed by atoms with Gasteiger partial charge in [-0.15, -0.1) is 0 Å². The zero-order valence-corrected chi connectivity index (χ0v) is 17.9. The Morgan fingerprint density at radius 3 is 2.77 bits per heavy atom. The van der Waals surface area contributed by atoms with E-state index in [0.717, 1.165) is 47.6 Å². The molecule has 1 fully saturated rings. The lowest BCUT2D eigenvalue weighted by atomic mass is 10.1. The number of hydrogen-bond acceptors (Lipinski definition) is 5. The molecule has 4 aromatic rings. The molecule has 6 nitrogen and oxygen atoms in total. The molecule has 1 unspecified atom stereocenters. The second-order valence-corrected chi connectivity index (χ2v) is 8.42. The molecular weight excluding hydrogens is 386 g/mol. The molecule has 1 aliphatic rings. The molecule has 0 radical (unpaired) electrons. The highest BCUT2D eigenvalue weighted by Crippen LogP contribution is 2.31. The fourth-order valence-electron chi connectivity index (χ4n) is 4.50. The van der Waals surface area contributed by atoms with Crippen molar-refractivity contribution in [2.75, 3.05) is 34.8 Å². The van der Waals surface area contributed by atoms with Gasteiger partial charge in [0.2, 0.25) is 0 Å². The molecule has 0 bridgehead atoms. The van der Waals surface area contributed by atoms with E-state index in [1.807, 2.05) is 18.3 Å². The van der Waals surface area contributed by atoms with Crippen LogP contribution in [0.4, 0.5) is 17.3 Å². The number of carbonyl (C=O) groups excluding carboxylic acids is 1. The minimum atomic E-state index is -0.248. The largest absolute Gasteiger partial charge is 0.380 e. The summed E-state index contributed by atoms with van der Waals surface area (Å²) < 4.78 is 0. The molecular formula is C25H27N5O. The minimum absolute atomic E-state index is 0.248. The quantitative estimate of drug-likeness (QED) is 0.474. The van der Waals surface area contributed by atoms with Gasteiger partial charge in [-0.2, -0.15) is 0 Å². The van der Waals surface area contributed by atoms with Crippen molar-refractivity contribution in [2.24, 2.45) is 0 Å². The lowest BCUT2D eigenvalue weighted by molar-refractivity contribution is -0.109. The van der Waals surface area contributed by atoms with Crippen molar-refractivity contribution < 1.29 is 4.79 Å². The fraction of sp³-hybridized carbons (Fsp3) is 0.280. The molecule has 1 atom stereocenters. The number of aromatic nitrogens is 2. The van der Waals surface area contributed by atoms with E-state index in [4.69, 9.17) is 0 Å². The first-order valence-corrected chi connectivity index (χ1v) is 10.8. The topological polar surface area (TPSA) is 64.3 Å². The number of aromatic amines is 1. The zero-order valence-electron chi connectivity index (χ0n) is 17.9. The van der Waals surface area contributed by atoms with Crippen LogP contribution >= 0.6 is 0 Å². The molecule has 31 heavy (non-hydrogen) atoms. The number of hydrogen-bond donors (Lipinski definition) is 2. The van der Waals surface area contributed by atoms with Crippen LogP contribution in [0.3, 0.4) is 0 Å². The number of carbonyl (C=O) groups is 1. The summed E-state index contributed by atoms with van der Waals surface area (Å²) in [6.45, 7) is 6.37. The number of aldehydes is 1. The van der Waals surface area contributed by atoms with Crippen LogP contribution in [-0.2, 0) is 4.79 Å². The SMILES string of the molecule is CC(C)Nc1cccnc1N1CCN(c2cc3ccc4ccccc4c3[nH]2)C(C=O)C1. The molecule has 1 saturated heterocycles. The van der Waals surface area contributed by atoms with Crippen LogP contribution in [0.5, 0.6) is 0 Å². The van der Waals surface area contributed by atoms with Gasteiger partial charge in [0.1, 0.15) is 18.1 Å². The average Bonchev–Trinajstić information content (AvgIpc) is 3.23. The summed E-state index contributed by atoms with van der Waals surface area (Å²) >= 11 is 0. The number of anilines is 3. The Morgan fingerprint density at radius 2 is 1.94 bits per heavy atom. The molecule has 0 saturated carbocycles. The molecule has 0 spiro atoms. The normalized spacial score (nSPS) is 16.9. The number of benzene rings is 2. The average molecular weight is 414 g/mol. The summed E-state index contributed by atoms with van der Waals surface area (Å²) in [5, 5.41) is 7.04. The smallest absolute Gasteiger partial charge is 0.152 e. The van der Waals surface area contributed by atoms with Gasteiger partial charge in [-0.1, -0.05) is 36.4 Å². The number of H-pyrrole nitrogens is 1. The summed E-state index contributed by atoms with van der Waals surface area (Å²) in [6, 6.07) is 18.9. The van der Waals surface area contributed by atoms with Crippen molar-refractivity contribution in [3.63, 3.8) is 0 Å². The van der Waals surface area contributed by atoms with Gasteiger partial charge in [0.15, 0.2) is 5.82 Å². The summed E-state index contributed by atoms with van der Waals surface area (Å²) in [7, 11) is 0. The first-order valence-electron chi connectivity index (χ1n) is 10.8. The van der Waals surface area contributed by atoms with Gasteiger partial charge in [0.25, 0.3) is 0 Å². The maximum Gasteiger partial charge on any atom is 0.152 e. The number of piperazine rings is 1. The molecule has 0 aliphatic carbocycles. The van der Waals surface area contributed by atoms with Crippen LogP contribution in [0.15, 0.2) is 60.8 Å². The Morgan fingerprint density at radius 1 is 1.10 bits per heavy atom. The molecule has 3 heterocycles. The zero-order chi connectivity index (χ0) is 21.4. The van der Waals surface area contributed by atoms with E-state index < -0.39 is 0 Å². The van der Waals surface area contributed by atoms with Gasteiger partial charge >= 0.3 is 0 Å².